The molecule has 2 fully saturated rings. The van der Waals surface area contributed by atoms with E-state index in [0.717, 1.165) is 25.7 Å². The molecule has 0 aliphatic heterocycles. The van der Waals surface area contributed by atoms with E-state index in [1.807, 2.05) is 13.8 Å². The number of aromatic nitrogens is 2. The average molecular weight is 837 g/mol. The summed E-state index contributed by atoms with van der Waals surface area (Å²) in [7, 11) is 0. The van der Waals surface area contributed by atoms with E-state index in [1.165, 1.54) is 38.5 Å². The topological polar surface area (TPSA) is 218 Å². The summed E-state index contributed by atoms with van der Waals surface area (Å²) in [6, 6.07) is 6.60. The highest BCUT2D eigenvalue weighted by atomic mass is 17.0. The molecule has 2 atom stereocenters. The predicted octanol–water partition coefficient (Wildman–Crippen LogP) is 7.99. The molecule has 2 heterocycles. The normalized spacial score (nSPS) is 14.7. The van der Waals surface area contributed by atoms with Crippen molar-refractivity contribution in [1.82, 2.24) is 0 Å². The summed E-state index contributed by atoms with van der Waals surface area (Å²) in [5.74, 6) is 0.424. The molecule has 0 radical (unpaired) electrons. The summed E-state index contributed by atoms with van der Waals surface area (Å²) in [6.07, 6.45) is 16.8. The molecule has 332 valence electrons. The number of ketones is 2. The van der Waals surface area contributed by atoms with Crippen molar-refractivity contribution in [3.05, 3.63) is 95.3 Å². The Morgan fingerprint density at radius 3 is 1.36 bits per heavy atom. The minimum Gasteiger partial charge on any atom is -0.431 e. The lowest BCUT2D eigenvalue weighted by atomic mass is 9.86. The third-order valence-corrected chi connectivity index (χ3v) is 9.70. The van der Waals surface area contributed by atoms with Gasteiger partial charge in [-0.15, -0.1) is 20.2 Å². The summed E-state index contributed by atoms with van der Waals surface area (Å²) in [5.41, 5.74) is 0.854. The van der Waals surface area contributed by atoms with Gasteiger partial charge in [0.25, 0.3) is 23.6 Å². The largest absolute Gasteiger partial charge is 0.513 e. The van der Waals surface area contributed by atoms with Gasteiger partial charge < -0.3 is 43.5 Å². The number of nitrogens with zero attached hydrogens (tertiary/aromatic N) is 4. The summed E-state index contributed by atoms with van der Waals surface area (Å²) >= 11 is 0. The second-order valence-electron chi connectivity index (χ2n) is 13.9. The Morgan fingerprint density at radius 2 is 1.02 bits per heavy atom. The molecule has 2 aliphatic rings. The number of carbonyl (C=O) groups excluding carboxylic acids is 4. The molecule has 18 nitrogen and oxygen atoms in total. The molecule has 0 spiro atoms. The van der Waals surface area contributed by atoms with Crippen molar-refractivity contribution < 1.29 is 67.1 Å². The van der Waals surface area contributed by atoms with Crippen molar-refractivity contribution in [2.24, 2.45) is 11.8 Å². The highest BCUT2D eigenvalue weighted by molar-refractivity contribution is 5.95. The monoisotopic (exact) mass is 836 g/mol. The van der Waals surface area contributed by atoms with Crippen molar-refractivity contribution in [2.45, 2.75) is 137 Å². The number of rotatable bonds is 20. The van der Waals surface area contributed by atoms with Crippen molar-refractivity contribution in [2.75, 3.05) is 13.2 Å². The van der Waals surface area contributed by atoms with Gasteiger partial charge in [-0.05, 0) is 76.3 Å². The Labute approximate surface area is 347 Å². The van der Waals surface area contributed by atoms with Gasteiger partial charge in [0.05, 0.1) is 24.3 Å². The summed E-state index contributed by atoms with van der Waals surface area (Å²) in [6.45, 7) is 3.40. The van der Waals surface area contributed by atoms with Crippen LogP contribution in [0.2, 0.25) is 0 Å². The van der Waals surface area contributed by atoms with E-state index >= 15 is 0 Å². The van der Waals surface area contributed by atoms with Crippen LogP contribution in [0.25, 0.3) is 0 Å². The van der Waals surface area contributed by atoms with Crippen LogP contribution in [0.4, 0.5) is 9.59 Å². The highest BCUT2D eigenvalue weighted by Crippen LogP contribution is 2.29. The van der Waals surface area contributed by atoms with Crippen LogP contribution in [0.3, 0.4) is 0 Å². The van der Waals surface area contributed by atoms with E-state index < -0.39 is 22.5 Å². The van der Waals surface area contributed by atoms with Gasteiger partial charge in [0.2, 0.25) is 0 Å². The van der Waals surface area contributed by atoms with E-state index in [4.69, 9.17) is 18.9 Å². The molecular formula is C41H64N4O14. The summed E-state index contributed by atoms with van der Waals surface area (Å²) in [5, 5.41) is 18.4. The molecule has 2 aliphatic carbocycles. The van der Waals surface area contributed by atoms with E-state index in [-0.39, 0.29) is 98.4 Å². The molecule has 0 bridgehead atoms. The number of hydrogen-bond acceptors (Lipinski definition) is 14. The molecule has 0 N–H and O–H groups in total. The maximum atomic E-state index is 12.1. The van der Waals surface area contributed by atoms with Gasteiger partial charge in [-0.25, -0.2) is 9.59 Å². The Morgan fingerprint density at radius 1 is 0.661 bits per heavy atom. The average Bonchev–Trinajstić information content (AvgIpc) is 3.20. The Kier molecular flexibility index (Phi) is 27.0. The van der Waals surface area contributed by atoms with Crippen LogP contribution in [0, 0.1) is 46.9 Å². The molecular weight excluding hydrogens is 772 g/mol. The maximum absolute atomic E-state index is 12.1. The fraction of sp³-hybridized carbons (Fsp3) is 0.610. The second-order valence-corrected chi connectivity index (χ2v) is 13.9. The molecule has 0 unspecified atom stereocenters. The minimum absolute atomic E-state index is 0. The zero-order valence-corrected chi connectivity index (χ0v) is 34.2. The van der Waals surface area contributed by atoms with E-state index in [2.05, 4.69) is 9.68 Å². The van der Waals surface area contributed by atoms with Gasteiger partial charge in [-0.1, -0.05) is 46.0 Å². The zero-order chi connectivity index (χ0) is 40.7. The lowest BCUT2D eigenvalue weighted by Gasteiger charge is -2.26. The van der Waals surface area contributed by atoms with Crippen LogP contribution in [-0.2, 0) is 42.1 Å². The summed E-state index contributed by atoms with van der Waals surface area (Å²) < 4.78 is 24.1. The first-order valence-corrected chi connectivity index (χ1v) is 19.2. The standard InChI is InChI=1S/2C19H27N2O7.CH4.2CH3/c2*1-15(16-7-3-2-4-8-16)28-19(23)26-14-20-11-5-9-17(13-20)18(22)10-6-12-27-21(24)25;;;/h2*5,9,11,13,15-16H,2-4,6-8,10,12,14H2,1H3;1H4;2*1H3/q2*+1;;2*-1/t2*15-;;;/m10.../s1. The van der Waals surface area contributed by atoms with E-state index in [1.54, 1.807) is 58.2 Å². The van der Waals surface area contributed by atoms with Crippen LogP contribution in [0.5, 0.6) is 0 Å². The Hall–Kier alpha value is -5.42. The molecule has 2 saturated carbocycles. The van der Waals surface area contributed by atoms with Crippen molar-refractivity contribution >= 4 is 23.9 Å². The smallest absolute Gasteiger partial charge is 0.431 e. The third kappa shape index (κ3) is 21.8. The van der Waals surface area contributed by atoms with E-state index in [9.17, 15) is 39.4 Å². The molecule has 0 saturated heterocycles. The minimum atomic E-state index is -0.882. The molecule has 18 heteroatoms. The third-order valence-electron chi connectivity index (χ3n) is 9.70. The van der Waals surface area contributed by atoms with Crippen LogP contribution in [-0.4, -0.2) is 59.5 Å². The first kappa shape index (κ1) is 53.6. The predicted molar refractivity (Wildman–Crippen MR) is 213 cm³/mol. The fourth-order valence-corrected chi connectivity index (χ4v) is 6.59. The Balaban J connectivity index is 0.00000109. The van der Waals surface area contributed by atoms with Gasteiger partial charge in [0, 0.05) is 25.0 Å². The molecule has 0 aromatic carbocycles. The molecule has 4 rings (SSSR count). The first-order chi connectivity index (χ1) is 26.9. The first-order valence-electron chi connectivity index (χ1n) is 19.2. The SMILES string of the molecule is C.C[C@@H](OC(=O)OC[n+]1cccc(C(=O)CCCO[N+](=O)[O-])c1)C1CCCCC1.C[C@H](OC(=O)OC[n+]1cccc(C(=O)CCCO[N+](=O)[O-])c1)C1CCCCC1.[CH3-].[CH3-]. The lowest BCUT2D eigenvalue weighted by molar-refractivity contribution is -0.757. The van der Waals surface area contributed by atoms with Crippen molar-refractivity contribution in [3.8, 4) is 0 Å². The molecule has 2 aromatic rings. The van der Waals surface area contributed by atoms with Gasteiger partial charge in [0.15, 0.2) is 36.4 Å². The van der Waals surface area contributed by atoms with Crippen molar-refractivity contribution in [1.29, 1.82) is 0 Å². The quantitative estimate of drug-likeness (QED) is 0.0235. The molecule has 0 amide bonds. The van der Waals surface area contributed by atoms with Crippen LogP contribution in [0.1, 0.15) is 132 Å². The van der Waals surface area contributed by atoms with Gasteiger partial charge in [-0.3, -0.25) is 9.59 Å². The van der Waals surface area contributed by atoms with Crippen LogP contribution >= 0.6 is 0 Å². The number of ether oxygens (including phenoxy) is 4. The fourth-order valence-electron chi connectivity index (χ4n) is 6.59. The van der Waals surface area contributed by atoms with Gasteiger partial charge in [0.1, 0.15) is 12.2 Å². The van der Waals surface area contributed by atoms with Gasteiger partial charge >= 0.3 is 12.3 Å². The lowest BCUT2D eigenvalue weighted by Crippen LogP contribution is -2.37. The van der Waals surface area contributed by atoms with Gasteiger partial charge in [-0.2, -0.15) is 9.13 Å². The maximum Gasteiger partial charge on any atom is 0.513 e. The summed E-state index contributed by atoms with van der Waals surface area (Å²) in [4.78, 5) is 76.6. The zero-order valence-electron chi connectivity index (χ0n) is 34.2. The van der Waals surface area contributed by atoms with Crippen LogP contribution < -0.4 is 9.13 Å². The van der Waals surface area contributed by atoms with E-state index in [0.29, 0.717) is 23.0 Å². The second kappa shape index (κ2) is 29.7. The number of Topliss-reactive ketones (excluding diaryl/α,β-unsaturated/α-hetero) is 2. The number of pyridine rings is 2. The van der Waals surface area contributed by atoms with Crippen molar-refractivity contribution in [3.63, 3.8) is 0 Å². The number of carbonyl (C=O) groups is 4. The molecule has 59 heavy (non-hydrogen) atoms. The highest BCUT2D eigenvalue weighted by Gasteiger charge is 2.25. The van der Waals surface area contributed by atoms with Crippen LogP contribution in [0.15, 0.2) is 49.1 Å². The molecule has 2 aromatic heterocycles. The number of hydrogen-bond donors (Lipinski definition) is 0. The Bertz CT molecular complexity index is 1470.